The molecular weight excluding hydrogens is 164 g/mol. The van der Waals surface area contributed by atoms with Crippen LogP contribution < -0.4 is 5.73 Å². The van der Waals surface area contributed by atoms with Crippen molar-refractivity contribution < 1.29 is 4.74 Å². The van der Waals surface area contributed by atoms with Crippen LogP contribution in [0.15, 0.2) is 0 Å². The van der Waals surface area contributed by atoms with Crippen LogP contribution in [0.1, 0.15) is 19.8 Å². The first-order valence-electron chi connectivity index (χ1n) is 5.30. The van der Waals surface area contributed by atoms with Gasteiger partial charge in [0.25, 0.3) is 0 Å². The molecule has 1 aliphatic carbocycles. The van der Waals surface area contributed by atoms with Gasteiger partial charge in [0.05, 0.1) is 13.2 Å². The fourth-order valence-electron chi connectivity index (χ4n) is 2.83. The second-order valence-corrected chi connectivity index (χ2v) is 4.54. The molecule has 2 rings (SSSR count). The van der Waals surface area contributed by atoms with E-state index in [9.17, 15) is 0 Å². The molecule has 0 aromatic carbocycles. The summed E-state index contributed by atoms with van der Waals surface area (Å²) in [5.41, 5.74) is 6.22. The normalized spacial score (nSPS) is 41.5. The Kier molecular flexibility index (Phi) is 2.58. The maximum atomic E-state index is 5.88. The number of hydrogen-bond donors (Lipinski definition) is 1. The molecule has 3 nitrogen and oxygen atoms in total. The summed E-state index contributed by atoms with van der Waals surface area (Å²) in [5, 5.41) is 0. The van der Waals surface area contributed by atoms with Gasteiger partial charge in [0, 0.05) is 25.2 Å². The van der Waals surface area contributed by atoms with Gasteiger partial charge in [0.15, 0.2) is 0 Å². The molecule has 3 heteroatoms. The molecule has 1 saturated heterocycles. The molecule has 13 heavy (non-hydrogen) atoms. The lowest BCUT2D eigenvalue weighted by molar-refractivity contribution is -0.0701. The zero-order valence-corrected chi connectivity index (χ0v) is 8.46. The van der Waals surface area contributed by atoms with Gasteiger partial charge in [0.1, 0.15) is 0 Å². The van der Waals surface area contributed by atoms with E-state index in [1.165, 1.54) is 12.8 Å². The van der Waals surface area contributed by atoms with Crippen LogP contribution in [0.5, 0.6) is 0 Å². The average Bonchev–Trinajstić information content (AvgIpc) is 2.14. The minimum atomic E-state index is 0.337. The van der Waals surface area contributed by atoms with E-state index in [1.54, 1.807) is 0 Å². The highest BCUT2D eigenvalue weighted by atomic mass is 16.5. The van der Waals surface area contributed by atoms with E-state index in [0.29, 0.717) is 5.54 Å². The van der Waals surface area contributed by atoms with Crippen molar-refractivity contribution in [3.05, 3.63) is 0 Å². The molecule has 0 atom stereocenters. The fourth-order valence-corrected chi connectivity index (χ4v) is 2.83. The predicted octanol–water partition coefficient (Wildman–Crippen LogP) is 0.446. The van der Waals surface area contributed by atoms with Crippen molar-refractivity contribution >= 4 is 0 Å². The number of morpholine rings is 1. The SMILES string of the molecule is CC1CC(CN)(N2CCOCC2)C1. The van der Waals surface area contributed by atoms with Gasteiger partial charge in [-0.1, -0.05) is 6.92 Å². The van der Waals surface area contributed by atoms with E-state index in [0.717, 1.165) is 38.8 Å². The molecule has 0 amide bonds. The summed E-state index contributed by atoms with van der Waals surface area (Å²) in [7, 11) is 0. The third-order valence-corrected chi connectivity index (χ3v) is 3.52. The monoisotopic (exact) mass is 184 g/mol. The number of hydrogen-bond acceptors (Lipinski definition) is 3. The minimum absolute atomic E-state index is 0.337. The van der Waals surface area contributed by atoms with Crippen LogP contribution in [-0.4, -0.2) is 43.3 Å². The van der Waals surface area contributed by atoms with Crippen molar-refractivity contribution in [3.63, 3.8) is 0 Å². The van der Waals surface area contributed by atoms with Gasteiger partial charge in [-0.2, -0.15) is 0 Å². The van der Waals surface area contributed by atoms with Gasteiger partial charge in [-0.25, -0.2) is 0 Å². The largest absolute Gasteiger partial charge is 0.379 e. The number of nitrogens with zero attached hydrogens (tertiary/aromatic N) is 1. The van der Waals surface area contributed by atoms with E-state index in [4.69, 9.17) is 10.5 Å². The van der Waals surface area contributed by atoms with E-state index in [1.807, 2.05) is 0 Å². The van der Waals surface area contributed by atoms with E-state index < -0.39 is 0 Å². The Balaban J connectivity index is 1.95. The van der Waals surface area contributed by atoms with Crippen molar-refractivity contribution in [1.29, 1.82) is 0 Å². The molecular formula is C10H20N2O. The molecule has 1 heterocycles. The molecule has 76 valence electrons. The highest BCUT2D eigenvalue weighted by Crippen LogP contribution is 2.41. The molecule has 2 fully saturated rings. The number of nitrogens with two attached hydrogens (primary N) is 1. The first kappa shape index (κ1) is 9.44. The van der Waals surface area contributed by atoms with E-state index in [2.05, 4.69) is 11.8 Å². The Morgan fingerprint density at radius 2 is 2.00 bits per heavy atom. The van der Waals surface area contributed by atoms with Crippen LogP contribution in [0.2, 0.25) is 0 Å². The molecule has 0 unspecified atom stereocenters. The van der Waals surface area contributed by atoms with Crippen LogP contribution in [0.3, 0.4) is 0 Å². The summed E-state index contributed by atoms with van der Waals surface area (Å²) in [6.45, 7) is 7.05. The van der Waals surface area contributed by atoms with E-state index in [-0.39, 0.29) is 0 Å². The van der Waals surface area contributed by atoms with E-state index >= 15 is 0 Å². The number of rotatable bonds is 2. The summed E-state index contributed by atoms with van der Waals surface area (Å²) in [6, 6.07) is 0. The topological polar surface area (TPSA) is 38.5 Å². The minimum Gasteiger partial charge on any atom is -0.379 e. The molecule has 0 spiro atoms. The lowest BCUT2D eigenvalue weighted by Crippen LogP contribution is -2.63. The van der Waals surface area contributed by atoms with Crippen molar-refractivity contribution in [2.24, 2.45) is 11.7 Å². The summed E-state index contributed by atoms with van der Waals surface area (Å²) in [4.78, 5) is 2.54. The smallest absolute Gasteiger partial charge is 0.0594 e. The highest BCUT2D eigenvalue weighted by molar-refractivity contribution is 5.02. The maximum absolute atomic E-state index is 5.88. The molecule has 1 aliphatic heterocycles. The number of ether oxygens (including phenoxy) is 1. The Morgan fingerprint density at radius 3 is 2.46 bits per heavy atom. The highest BCUT2D eigenvalue weighted by Gasteiger charge is 2.45. The Bertz CT molecular complexity index is 172. The lowest BCUT2D eigenvalue weighted by Gasteiger charge is -2.54. The summed E-state index contributed by atoms with van der Waals surface area (Å²) < 4.78 is 5.35. The lowest BCUT2D eigenvalue weighted by atomic mass is 9.68. The van der Waals surface area contributed by atoms with Crippen LogP contribution >= 0.6 is 0 Å². The second kappa shape index (κ2) is 3.56. The third-order valence-electron chi connectivity index (χ3n) is 3.52. The first-order chi connectivity index (χ1) is 6.27. The molecule has 0 aromatic rings. The molecule has 0 radical (unpaired) electrons. The summed E-state index contributed by atoms with van der Waals surface area (Å²) in [5.74, 6) is 0.867. The Morgan fingerprint density at radius 1 is 1.38 bits per heavy atom. The standard InChI is InChI=1S/C10H20N2O/c1-9-6-10(7-9,8-11)12-2-4-13-5-3-12/h9H,2-8,11H2,1H3. The van der Waals surface area contributed by atoms with Crippen LogP contribution in [0.4, 0.5) is 0 Å². The van der Waals surface area contributed by atoms with Gasteiger partial charge >= 0.3 is 0 Å². The second-order valence-electron chi connectivity index (χ2n) is 4.54. The van der Waals surface area contributed by atoms with Crippen LogP contribution in [-0.2, 0) is 4.74 Å². The third kappa shape index (κ3) is 1.60. The Labute approximate surface area is 80.2 Å². The Hall–Kier alpha value is -0.120. The average molecular weight is 184 g/mol. The molecule has 0 bridgehead atoms. The van der Waals surface area contributed by atoms with Gasteiger partial charge in [-0.3, -0.25) is 4.90 Å². The zero-order chi connectivity index (χ0) is 9.31. The molecule has 2 N–H and O–H groups in total. The van der Waals surface area contributed by atoms with Gasteiger partial charge in [-0.05, 0) is 18.8 Å². The van der Waals surface area contributed by atoms with Gasteiger partial charge in [-0.15, -0.1) is 0 Å². The van der Waals surface area contributed by atoms with Crippen molar-refractivity contribution in [1.82, 2.24) is 4.90 Å². The van der Waals surface area contributed by atoms with Crippen molar-refractivity contribution in [2.75, 3.05) is 32.8 Å². The molecule has 0 aromatic heterocycles. The fraction of sp³-hybridized carbons (Fsp3) is 1.00. The summed E-state index contributed by atoms with van der Waals surface area (Å²) in [6.07, 6.45) is 2.56. The molecule has 1 saturated carbocycles. The quantitative estimate of drug-likeness (QED) is 0.677. The summed E-state index contributed by atoms with van der Waals surface area (Å²) >= 11 is 0. The molecule has 2 aliphatic rings. The zero-order valence-electron chi connectivity index (χ0n) is 8.46. The van der Waals surface area contributed by atoms with Crippen LogP contribution in [0.25, 0.3) is 0 Å². The van der Waals surface area contributed by atoms with Crippen LogP contribution in [0, 0.1) is 5.92 Å². The van der Waals surface area contributed by atoms with Gasteiger partial charge in [0.2, 0.25) is 0 Å². The maximum Gasteiger partial charge on any atom is 0.0594 e. The predicted molar refractivity (Wildman–Crippen MR) is 52.6 cm³/mol. The van der Waals surface area contributed by atoms with Crippen molar-refractivity contribution in [2.45, 2.75) is 25.3 Å². The first-order valence-corrected chi connectivity index (χ1v) is 5.30. The van der Waals surface area contributed by atoms with Gasteiger partial charge < -0.3 is 10.5 Å². The van der Waals surface area contributed by atoms with Crippen molar-refractivity contribution in [3.8, 4) is 0 Å².